The highest BCUT2D eigenvalue weighted by atomic mass is 79.9. The van der Waals surface area contributed by atoms with E-state index in [-0.39, 0.29) is 12.5 Å². The zero-order valence-electron chi connectivity index (χ0n) is 9.77. The number of likely N-dealkylation sites (N-methyl/N-ethyl adjacent to an activating group) is 1. The quantitative estimate of drug-likeness (QED) is 0.847. The number of nitrogens with zero attached hydrogens (tertiary/aromatic N) is 1. The lowest BCUT2D eigenvalue weighted by atomic mass is 10.2. The van der Waals surface area contributed by atoms with Crippen molar-refractivity contribution in [3.05, 3.63) is 40.4 Å². The van der Waals surface area contributed by atoms with Crippen molar-refractivity contribution in [1.82, 2.24) is 4.90 Å². The van der Waals surface area contributed by atoms with Gasteiger partial charge in [-0.1, -0.05) is 28.1 Å². The van der Waals surface area contributed by atoms with Crippen molar-refractivity contribution in [1.29, 1.82) is 0 Å². The molecule has 1 N–H and O–H groups in total. The average molecular weight is 298 g/mol. The molecule has 4 heteroatoms. The summed E-state index contributed by atoms with van der Waals surface area (Å²) in [5, 5.41) is 8.67. The lowest BCUT2D eigenvalue weighted by molar-refractivity contribution is -0.124. The summed E-state index contributed by atoms with van der Waals surface area (Å²) in [4.78, 5) is 13.2. The monoisotopic (exact) mass is 297 g/mol. The van der Waals surface area contributed by atoms with Crippen molar-refractivity contribution in [2.45, 2.75) is 6.42 Å². The zero-order valence-corrected chi connectivity index (χ0v) is 11.4. The summed E-state index contributed by atoms with van der Waals surface area (Å²) in [5.74, 6) is -0.0570. The van der Waals surface area contributed by atoms with Gasteiger partial charge in [0.1, 0.15) is 0 Å². The summed E-state index contributed by atoms with van der Waals surface area (Å²) in [6.45, 7) is 0.672. The molecule has 3 nitrogen and oxygen atoms in total. The first-order chi connectivity index (χ1) is 8.13. The second-order valence-electron chi connectivity index (χ2n) is 3.73. The Kier molecular flexibility index (Phi) is 5.94. The van der Waals surface area contributed by atoms with Gasteiger partial charge in [0.05, 0.1) is 0 Å². The smallest absolute Gasteiger partial charge is 0.246 e. The van der Waals surface area contributed by atoms with Crippen molar-refractivity contribution in [3.63, 3.8) is 0 Å². The van der Waals surface area contributed by atoms with Crippen LogP contribution in [0, 0.1) is 0 Å². The number of hydrogen-bond donors (Lipinski definition) is 1. The molecular formula is C13H16BrNO2. The van der Waals surface area contributed by atoms with Crippen LogP contribution in [0.1, 0.15) is 12.0 Å². The molecule has 0 bridgehead atoms. The van der Waals surface area contributed by atoms with E-state index in [0.717, 1.165) is 10.0 Å². The maximum Gasteiger partial charge on any atom is 0.246 e. The summed E-state index contributed by atoms with van der Waals surface area (Å²) in [5.41, 5.74) is 0.975. The fourth-order valence-corrected chi connectivity index (χ4v) is 1.74. The zero-order chi connectivity index (χ0) is 12.7. The van der Waals surface area contributed by atoms with Crippen LogP contribution >= 0.6 is 15.9 Å². The number of amides is 1. The summed E-state index contributed by atoms with van der Waals surface area (Å²) in [6.07, 6.45) is 3.93. The van der Waals surface area contributed by atoms with Gasteiger partial charge in [0.25, 0.3) is 0 Å². The third-order valence-corrected chi connectivity index (χ3v) is 2.79. The molecule has 0 saturated carbocycles. The van der Waals surface area contributed by atoms with E-state index in [1.165, 1.54) is 0 Å². The fourth-order valence-electron chi connectivity index (χ4n) is 1.32. The van der Waals surface area contributed by atoms with E-state index in [0.29, 0.717) is 13.0 Å². The SMILES string of the molecule is CN(CCCO)C(=O)/C=C/c1cccc(Br)c1. The van der Waals surface area contributed by atoms with Crippen LogP contribution < -0.4 is 0 Å². The molecule has 0 saturated heterocycles. The van der Waals surface area contributed by atoms with Gasteiger partial charge in [0, 0.05) is 30.7 Å². The van der Waals surface area contributed by atoms with Gasteiger partial charge in [-0.05, 0) is 30.2 Å². The van der Waals surface area contributed by atoms with E-state index < -0.39 is 0 Å². The van der Waals surface area contributed by atoms with Crippen LogP contribution in [0.2, 0.25) is 0 Å². The predicted molar refractivity (Wildman–Crippen MR) is 72.5 cm³/mol. The Bertz CT molecular complexity index is 404. The van der Waals surface area contributed by atoms with Crippen molar-refractivity contribution in [2.24, 2.45) is 0 Å². The number of benzene rings is 1. The highest BCUT2D eigenvalue weighted by Crippen LogP contribution is 2.12. The second kappa shape index (κ2) is 7.25. The van der Waals surface area contributed by atoms with E-state index in [9.17, 15) is 4.79 Å². The Morgan fingerprint density at radius 3 is 2.94 bits per heavy atom. The summed E-state index contributed by atoms with van der Waals surface area (Å²) in [6, 6.07) is 7.73. The first-order valence-electron chi connectivity index (χ1n) is 5.43. The Morgan fingerprint density at radius 1 is 1.53 bits per heavy atom. The van der Waals surface area contributed by atoms with E-state index >= 15 is 0 Å². The maximum atomic E-state index is 11.7. The van der Waals surface area contributed by atoms with E-state index in [1.54, 1.807) is 24.1 Å². The summed E-state index contributed by atoms with van der Waals surface area (Å²) < 4.78 is 0.987. The molecule has 0 aliphatic heterocycles. The molecule has 0 heterocycles. The lowest BCUT2D eigenvalue weighted by Crippen LogP contribution is -2.26. The molecule has 0 unspecified atom stereocenters. The number of aliphatic hydroxyl groups is 1. The molecule has 1 amide bonds. The molecule has 0 aromatic heterocycles. The van der Waals surface area contributed by atoms with Crippen LogP contribution in [-0.4, -0.2) is 36.1 Å². The fraction of sp³-hybridized carbons (Fsp3) is 0.308. The summed E-state index contributed by atoms with van der Waals surface area (Å²) in [7, 11) is 1.73. The summed E-state index contributed by atoms with van der Waals surface area (Å²) >= 11 is 3.38. The third-order valence-electron chi connectivity index (χ3n) is 2.29. The Hall–Kier alpha value is -1.13. The second-order valence-corrected chi connectivity index (χ2v) is 4.64. The minimum absolute atomic E-state index is 0.0570. The Balaban J connectivity index is 2.55. The van der Waals surface area contributed by atoms with Gasteiger partial charge in [-0.15, -0.1) is 0 Å². The first-order valence-corrected chi connectivity index (χ1v) is 6.22. The van der Waals surface area contributed by atoms with E-state index in [1.807, 2.05) is 24.3 Å². The molecule has 0 spiro atoms. The van der Waals surface area contributed by atoms with Gasteiger partial charge in [0.2, 0.25) is 5.91 Å². The van der Waals surface area contributed by atoms with Crippen LogP contribution in [0.4, 0.5) is 0 Å². The molecule has 92 valence electrons. The molecule has 1 rings (SSSR count). The minimum Gasteiger partial charge on any atom is -0.396 e. The van der Waals surface area contributed by atoms with Crippen LogP contribution in [-0.2, 0) is 4.79 Å². The molecule has 0 aliphatic rings. The van der Waals surface area contributed by atoms with Crippen molar-refractivity contribution < 1.29 is 9.90 Å². The molecule has 1 aromatic rings. The van der Waals surface area contributed by atoms with Gasteiger partial charge < -0.3 is 10.0 Å². The maximum absolute atomic E-state index is 11.7. The molecule has 0 aliphatic carbocycles. The Morgan fingerprint density at radius 2 is 2.29 bits per heavy atom. The standard InChI is InChI=1S/C13H16BrNO2/c1-15(8-3-9-16)13(17)7-6-11-4-2-5-12(14)10-11/h2,4-7,10,16H,3,8-9H2,1H3/b7-6+. The normalized spacial score (nSPS) is 10.8. The van der Waals surface area contributed by atoms with Gasteiger partial charge in [0.15, 0.2) is 0 Å². The molecule has 0 fully saturated rings. The number of halogens is 1. The first kappa shape index (κ1) is 13.9. The number of aliphatic hydroxyl groups excluding tert-OH is 1. The predicted octanol–water partition coefficient (Wildman–Crippen LogP) is 2.30. The number of carbonyl (C=O) groups excluding carboxylic acids is 1. The van der Waals surface area contributed by atoms with E-state index in [4.69, 9.17) is 5.11 Å². The highest BCUT2D eigenvalue weighted by molar-refractivity contribution is 9.10. The molecule has 0 atom stereocenters. The van der Waals surface area contributed by atoms with Crippen LogP contribution in [0.3, 0.4) is 0 Å². The topological polar surface area (TPSA) is 40.5 Å². The largest absolute Gasteiger partial charge is 0.396 e. The van der Waals surface area contributed by atoms with Crippen LogP contribution in [0.15, 0.2) is 34.8 Å². The van der Waals surface area contributed by atoms with Crippen LogP contribution in [0.5, 0.6) is 0 Å². The molecule has 17 heavy (non-hydrogen) atoms. The molecular weight excluding hydrogens is 282 g/mol. The number of rotatable bonds is 5. The van der Waals surface area contributed by atoms with Crippen molar-refractivity contribution in [3.8, 4) is 0 Å². The Labute approximate surface area is 110 Å². The molecule has 1 aromatic carbocycles. The van der Waals surface area contributed by atoms with Crippen LogP contribution in [0.25, 0.3) is 6.08 Å². The average Bonchev–Trinajstić information content (AvgIpc) is 2.33. The van der Waals surface area contributed by atoms with Gasteiger partial charge in [-0.2, -0.15) is 0 Å². The third kappa shape index (κ3) is 5.15. The van der Waals surface area contributed by atoms with Crippen molar-refractivity contribution >= 4 is 27.9 Å². The minimum atomic E-state index is -0.0570. The highest BCUT2D eigenvalue weighted by Gasteiger charge is 2.03. The van der Waals surface area contributed by atoms with Gasteiger partial charge in [-0.25, -0.2) is 0 Å². The van der Waals surface area contributed by atoms with Gasteiger partial charge >= 0.3 is 0 Å². The number of carbonyl (C=O) groups is 1. The van der Waals surface area contributed by atoms with Crippen molar-refractivity contribution in [2.75, 3.05) is 20.2 Å². The molecule has 0 radical (unpaired) electrons. The number of hydrogen-bond acceptors (Lipinski definition) is 2. The lowest BCUT2D eigenvalue weighted by Gasteiger charge is -2.13. The van der Waals surface area contributed by atoms with Gasteiger partial charge in [-0.3, -0.25) is 4.79 Å². The van der Waals surface area contributed by atoms with E-state index in [2.05, 4.69) is 15.9 Å².